The second-order valence-corrected chi connectivity index (χ2v) is 4.88. The number of rotatable bonds is 4. The van der Waals surface area contributed by atoms with Gasteiger partial charge in [-0.15, -0.1) is 0 Å². The molecule has 1 aromatic rings. The Bertz CT molecular complexity index is 335. The first-order valence-corrected chi connectivity index (χ1v) is 5.39. The van der Waals surface area contributed by atoms with Crippen LogP contribution >= 0.6 is 0 Å². The minimum atomic E-state index is 0.0245. The predicted octanol–water partition coefficient (Wildman–Crippen LogP) is 1.27. The van der Waals surface area contributed by atoms with Crippen molar-refractivity contribution in [2.45, 2.75) is 33.2 Å². The summed E-state index contributed by atoms with van der Waals surface area (Å²) in [6, 6.07) is 1.75. The van der Waals surface area contributed by atoms with E-state index in [4.69, 9.17) is 10.8 Å². The molecule has 0 fully saturated rings. The molecule has 0 saturated carbocycles. The van der Waals surface area contributed by atoms with Crippen molar-refractivity contribution in [3.8, 4) is 0 Å². The first kappa shape index (κ1) is 12.7. The van der Waals surface area contributed by atoms with Crippen LogP contribution in [0.5, 0.6) is 0 Å². The first-order valence-electron chi connectivity index (χ1n) is 5.39. The van der Waals surface area contributed by atoms with Crippen LogP contribution in [-0.4, -0.2) is 27.7 Å². The van der Waals surface area contributed by atoms with Gasteiger partial charge in [0.25, 0.3) is 0 Å². The average molecular weight is 224 g/mol. The molecular formula is C11H20N4O. The van der Waals surface area contributed by atoms with E-state index in [2.05, 4.69) is 36.1 Å². The largest absolute Gasteiger partial charge is 0.396 e. The monoisotopic (exact) mass is 224 g/mol. The van der Waals surface area contributed by atoms with E-state index in [9.17, 15) is 0 Å². The predicted molar refractivity (Wildman–Crippen MR) is 65.0 cm³/mol. The van der Waals surface area contributed by atoms with Crippen LogP contribution in [0, 0.1) is 5.41 Å². The molecule has 0 radical (unpaired) electrons. The Morgan fingerprint density at radius 2 is 2.19 bits per heavy atom. The molecule has 4 N–H and O–H groups in total. The van der Waals surface area contributed by atoms with E-state index in [0.717, 1.165) is 0 Å². The van der Waals surface area contributed by atoms with Gasteiger partial charge in [0.1, 0.15) is 5.82 Å². The highest BCUT2D eigenvalue weighted by atomic mass is 16.3. The molecule has 0 aliphatic heterocycles. The Balaban J connectivity index is 2.76. The zero-order chi connectivity index (χ0) is 12.2. The SMILES string of the molecule is CC(C)(C)C(CCO)Nc1nccc(N)n1. The van der Waals surface area contributed by atoms with Crippen LogP contribution in [0.2, 0.25) is 0 Å². The van der Waals surface area contributed by atoms with Gasteiger partial charge in [0.2, 0.25) is 5.95 Å². The number of nitrogens with zero attached hydrogens (tertiary/aromatic N) is 2. The fourth-order valence-electron chi connectivity index (χ4n) is 1.45. The van der Waals surface area contributed by atoms with E-state index in [1.165, 1.54) is 0 Å². The minimum Gasteiger partial charge on any atom is -0.396 e. The maximum absolute atomic E-state index is 9.03. The van der Waals surface area contributed by atoms with Crippen LogP contribution in [-0.2, 0) is 0 Å². The molecule has 5 heteroatoms. The van der Waals surface area contributed by atoms with Crippen molar-refractivity contribution >= 4 is 11.8 Å². The molecule has 1 atom stereocenters. The quantitative estimate of drug-likeness (QED) is 0.717. The number of hydrogen-bond donors (Lipinski definition) is 3. The number of aromatic nitrogens is 2. The highest BCUT2D eigenvalue weighted by Gasteiger charge is 2.24. The Morgan fingerprint density at radius 1 is 1.50 bits per heavy atom. The van der Waals surface area contributed by atoms with Crippen LogP contribution in [0.1, 0.15) is 27.2 Å². The lowest BCUT2D eigenvalue weighted by Gasteiger charge is -2.31. The van der Waals surface area contributed by atoms with Gasteiger partial charge in [0, 0.05) is 18.8 Å². The highest BCUT2D eigenvalue weighted by Crippen LogP contribution is 2.24. The molecule has 0 aromatic carbocycles. The van der Waals surface area contributed by atoms with Gasteiger partial charge in [-0.25, -0.2) is 4.98 Å². The van der Waals surface area contributed by atoms with Gasteiger partial charge in [-0.3, -0.25) is 0 Å². The number of anilines is 2. The van der Waals surface area contributed by atoms with Crippen molar-refractivity contribution in [2.75, 3.05) is 17.7 Å². The van der Waals surface area contributed by atoms with Gasteiger partial charge in [0.05, 0.1) is 0 Å². The van der Waals surface area contributed by atoms with E-state index in [1.54, 1.807) is 12.3 Å². The lowest BCUT2D eigenvalue weighted by atomic mass is 9.85. The summed E-state index contributed by atoms with van der Waals surface area (Å²) in [6.45, 7) is 6.45. The summed E-state index contributed by atoms with van der Waals surface area (Å²) in [7, 11) is 0. The third-order valence-corrected chi connectivity index (χ3v) is 2.44. The molecule has 1 rings (SSSR count). The smallest absolute Gasteiger partial charge is 0.224 e. The van der Waals surface area contributed by atoms with E-state index >= 15 is 0 Å². The lowest BCUT2D eigenvalue weighted by molar-refractivity contribution is 0.235. The van der Waals surface area contributed by atoms with Gasteiger partial charge in [-0.05, 0) is 17.9 Å². The lowest BCUT2D eigenvalue weighted by Crippen LogP contribution is -2.35. The van der Waals surface area contributed by atoms with Crippen LogP contribution in [0.3, 0.4) is 0 Å². The Labute approximate surface area is 96.1 Å². The second-order valence-electron chi connectivity index (χ2n) is 4.88. The molecule has 5 nitrogen and oxygen atoms in total. The summed E-state index contributed by atoms with van der Waals surface area (Å²) in [5.74, 6) is 0.947. The second kappa shape index (κ2) is 5.12. The van der Waals surface area contributed by atoms with Crippen LogP contribution in [0.15, 0.2) is 12.3 Å². The standard InChI is InChI=1S/C11H20N4O/c1-11(2,3)8(5-7-16)14-10-13-6-4-9(12)15-10/h4,6,8,16H,5,7H2,1-3H3,(H3,12,13,14,15). The zero-order valence-corrected chi connectivity index (χ0v) is 10.1. The van der Waals surface area contributed by atoms with Crippen molar-refractivity contribution in [1.82, 2.24) is 9.97 Å². The molecule has 90 valence electrons. The fraction of sp³-hybridized carbons (Fsp3) is 0.636. The topological polar surface area (TPSA) is 84.1 Å². The zero-order valence-electron chi connectivity index (χ0n) is 10.1. The molecule has 1 unspecified atom stereocenters. The molecule has 1 heterocycles. The molecule has 0 saturated heterocycles. The van der Waals surface area contributed by atoms with Crippen LogP contribution in [0.25, 0.3) is 0 Å². The summed E-state index contributed by atoms with van der Waals surface area (Å²) < 4.78 is 0. The van der Waals surface area contributed by atoms with Crippen molar-refractivity contribution in [2.24, 2.45) is 5.41 Å². The Hall–Kier alpha value is -1.36. The number of hydrogen-bond acceptors (Lipinski definition) is 5. The van der Waals surface area contributed by atoms with E-state index in [0.29, 0.717) is 18.2 Å². The van der Waals surface area contributed by atoms with Gasteiger partial charge in [0.15, 0.2) is 0 Å². The van der Waals surface area contributed by atoms with E-state index < -0.39 is 0 Å². The number of aliphatic hydroxyl groups excluding tert-OH is 1. The molecule has 1 aromatic heterocycles. The van der Waals surface area contributed by atoms with Crippen LogP contribution < -0.4 is 11.1 Å². The molecule has 0 aliphatic carbocycles. The summed E-state index contributed by atoms with van der Waals surface area (Å²) >= 11 is 0. The first-order chi connectivity index (χ1) is 7.43. The van der Waals surface area contributed by atoms with Crippen molar-refractivity contribution < 1.29 is 5.11 Å². The maximum Gasteiger partial charge on any atom is 0.224 e. The average Bonchev–Trinajstić information content (AvgIpc) is 2.16. The van der Waals surface area contributed by atoms with Crippen molar-refractivity contribution in [3.05, 3.63) is 12.3 Å². The number of nitrogens with one attached hydrogen (secondary N) is 1. The van der Waals surface area contributed by atoms with E-state index in [-0.39, 0.29) is 18.1 Å². The van der Waals surface area contributed by atoms with Crippen molar-refractivity contribution in [3.63, 3.8) is 0 Å². The highest BCUT2D eigenvalue weighted by molar-refractivity contribution is 5.36. The van der Waals surface area contributed by atoms with E-state index in [1.807, 2.05) is 0 Å². The molecular weight excluding hydrogens is 204 g/mol. The van der Waals surface area contributed by atoms with Gasteiger partial charge >= 0.3 is 0 Å². The Morgan fingerprint density at radius 3 is 2.69 bits per heavy atom. The van der Waals surface area contributed by atoms with Crippen LogP contribution in [0.4, 0.5) is 11.8 Å². The summed E-state index contributed by atoms with van der Waals surface area (Å²) in [5, 5.41) is 12.2. The summed E-state index contributed by atoms with van der Waals surface area (Å²) in [5.41, 5.74) is 5.60. The summed E-state index contributed by atoms with van der Waals surface area (Å²) in [4.78, 5) is 8.17. The number of aliphatic hydroxyl groups is 1. The van der Waals surface area contributed by atoms with Gasteiger partial charge in [-0.2, -0.15) is 4.98 Å². The molecule has 0 spiro atoms. The molecule has 0 amide bonds. The summed E-state index contributed by atoms with van der Waals surface area (Å²) in [6.07, 6.45) is 2.27. The number of nitrogen functional groups attached to an aromatic ring is 1. The fourth-order valence-corrected chi connectivity index (χ4v) is 1.45. The third kappa shape index (κ3) is 3.66. The normalized spacial score (nSPS) is 13.5. The molecule has 0 bridgehead atoms. The minimum absolute atomic E-state index is 0.0245. The van der Waals surface area contributed by atoms with Gasteiger partial charge in [-0.1, -0.05) is 20.8 Å². The number of nitrogens with two attached hydrogens (primary N) is 1. The molecule has 0 aliphatic rings. The Kier molecular flexibility index (Phi) is 4.06. The van der Waals surface area contributed by atoms with Gasteiger partial charge < -0.3 is 16.2 Å². The maximum atomic E-state index is 9.03. The van der Waals surface area contributed by atoms with Crippen molar-refractivity contribution in [1.29, 1.82) is 0 Å². The molecule has 16 heavy (non-hydrogen) atoms. The third-order valence-electron chi connectivity index (χ3n) is 2.44.